The first-order valence-corrected chi connectivity index (χ1v) is 13.7. The molecule has 1 saturated heterocycles. The van der Waals surface area contributed by atoms with Crippen molar-refractivity contribution in [2.24, 2.45) is 0 Å². The third kappa shape index (κ3) is 6.09. The van der Waals surface area contributed by atoms with Crippen LogP contribution in [0, 0.1) is 0 Å². The number of rotatable bonds is 7. The minimum atomic E-state index is -0.635. The van der Waals surface area contributed by atoms with Crippen LogP contribution in [-0.4, -0.2) is 16.9 Å². The number of hydrogen-bond acceptors (Lipinski definition) is 4. The Kier molecular flexibility index (Phi) is 9.19. The molecule has 3 aromatic carbocycles. The number of nitrogens with zero attached hydrogens (tertiary/aromatic N) is 1. The average molecular weight is 671 g/mol. The van der Waals surface area contributed by atoms with Gasteiger partial charge in [0.25, 0.3) is 11.8 Å². The van der Waals surface area contributed by atoms with Crippen molar-refractivity contribution in [2.75, 3.05) is 4.90 Å². The maximum Gasteiger partial charge on any atom is 0.270 e. The van der Waals surface area contributed by atoms with Crippen LogP contribution in [0.2, 0.25) is 20.1 Å². The van der Waals surface area contributed by atoms with Crippen molar-refractivity contribution in [1.29, 1.82) is 0 Å². The summed E-state index contributed by atoms with van der Waals surface area (Å²) >= 11 is 33.4. The fourth-order valence-corrected chi connectivity index (χ4v) is 5.33. The molecule has 0 radical (unpaired) electrons. The number of allylic oxidation sites excluding steroid dienone is 1. The Morgan fingerprint density at radius 2 is 1.79 bits per heavy atom. The molecule has 5 nitrogen and oxygen atoms in total. The molecule has 2 amide bonds. The highest BCUT2D eigenvalue weighted by molar-refractivity contribution is 9.10. The number of benzene rings is 3. The van der Waals surface area contributed by atoms with Gasteiger partial charge in [-0.25, -0.2) is 0 Å². The van der Waals surface area contributed by atoms with Crippen LogP contribution in [0.5, 0.6) is 5.75 Å². The molecule has 0 unspecified atom stereocenters. The Hall–Kier alpha value is -2.39. The molecular weight excluding hydrogens is 654 g/mol. The number of carbonyl (C=O) groups excluding carboxylic acids is 2. The van der Waals surface area contributed by atoms with E-state index >= 15 is 0 Å². The number of halogens is 5. The number of hydrogen-bond donors (Lipinski definition) is 1. The number of thiocarbonyl (C=S) groups is 1. The first kappa shape index (κ1) is 28.6. The molecule has 11 heteroatoms. The zero-order valence-corrected chi connectivity index (χ0v) is 24.8. The Labute approximate surface area is 253 Å². The van der Waals surface area contributed by atoms with Gasteiger partial charge in [-0.1, -0.05) is 64.6 Å². The molecule has 0 spiro atoms. The van der Waals surface area contributed by atoms with Gasteiger partial charge in [0.05, 0.1) is 30.3 Å². The minimum absolute atomic E-state index is 0.0964. The molecule has 0 atom stereocenters. The van der Waals surface area contributed by atoms with Gasteiger partial charge in [-0.05, 0) is 93.7 Å². The van der Waals surface area contributed by atoms with Crippen molar-refractivity contribution < 1.29 is 14.3 Å². The third-order valence-electron chi connectivity index (χ3n) is 5.46. The summed E-state index contributed by atoms with van der Waals surface area (Å²) in [4.78, 5) is 27.3. The van der Waals surface area contributed by atoms with Gasteiger partial charge in [-0.3, -0.25) is 19.8 Å². The van der Waals surface area contributed by atoms with Crippen LogP contribution in [0.3, 0.4) is 0 Å². The summed E-state index contributed by atoms with van der Waals surface area (Å²) in [5.74, 6) is -0.675. The topological polar surface area (TPSA) is 58.6 Å². The summed E-state index contributed by atoms with van der Waals surface area (Å²) in [6.45, 7) is 4.07. The second kappa shape index (κ2) is 12.2. The molecule has 38 heavy (non-hydrogen) atoms. The van der Waals surface area contributed by atoms with Gasteiger partial charge in [0.1, 0.15) is 17.9 Å². The van der Waals surface area contributed by atoms with Crippen LogP contribution in [0.15, 0.2) is 71.2 Å². The van der Waals surface area contributed by atoms with E-state index in [4.69, 9.17) is 63.4 Å². The van der Waals surface area contributed by atoms with E-state index in [1.54, 1.807) is 42.5 Å². The van der Waals surface area contributed by atoms with Crippen LogP contribution in [-0.2, 0) is 22.6 Å². The highest BCUT2D eigenvalue weighted by Gasteiger charge is 2.35. The number of ether oxygens (including phenoxy) is 1. The van der Waals surface area contributed by atoms with Gasteiger partial charge in [-0.2, -0.15) is 0 Å². The second-order valence-electron chi connectivity index (χ2n) is 8.05. The lowest BCUT2D eigenvalue weighted by Crippen LogP contribution is -2.54. The fourth-order valence-electron chi connectivity index (χ4n) is 3.72. The van der Waals surface area contributed by atoms with Crippen LogP contribution in [0.4, 0.5) is 5.69 Å². The molecule has 1 aliphatic heterocycles. The molecular formula is C27H17BrCl4N2O3S. The van der Waals surface area contributed by atoms with Crippen LogP contribution < -0.4 is 15.0 Å². The van der Waals surface area contributed by atoms with E-state index in [1.165, 1.54) is 6.08 Å². The van der Waals surface area contributed by atoms with Gasteiger partial charge in [0.2, 0.25) is 0 Å². The second-order valence-corrected chi connectivity index (χ2v) is 10.9. The lowest BCUT2D eigenvalue weighted by atomic mass is 10.0. The number of nitrogens with one attached hydrogen (secondary N) is 1. The number of amides is 2. The summed E-state index contributed by atoms with van der Waals surface area (Å²) in [5, 5.41) is 3.72. The Morgan fingerprint density at radius 3 is 2.50 bits per heavy atom. The van der Waals surface area contributed by atoms with Crippen molar-refractivity contribution in [3.05, 3.63) is 108 Å². The molecule has 1 heterocycles. The number of carbonyl (C=O) groups is 2. The van der Waals surface area contributed by atoms with E-state index < -0.39 is 11.8 Å². The lowest BCUT2D eigenvalue weighted by molar-refractivity contribution is -0.122. The van der Waals surface area contributed by atoms with Gasteiger partial charge in [-0.15, -0.1) is 6.58 Å². The largest absolute Gasteiger partial charge is 0.487 e. The molecule has 1 N–H and O–H groups in total. The Balaban J connectivity index is 1.68. The Morgan fingerprint density at radius 1 is 1.03 bits per heavy atom. The summed E-state index contributed by atoms with van der Waals surface area (Å²) in [7, 11) is 0. The minimum Gasteiger partial charge on any atom is -0.487 e. The Bertz CT molecular complexity index is 1530. The smallest absolute Gasteiger partial charge is 0.270 e. The highest BCUT2D eigenvalue weighted by atomic mass is 79.9. The maximum atomic E-state index is 13.4. The molecule has 1 aliphatic rings. The van der Waals surface area contributed by atoms with Crippen molar-refractivity contribution in [3.63, 3.8) is 0 Å². The standard InChI is InChI=1S/C27H17BrCl4N2O3S/c1-2-4-16-9-15(11-18(28)24(16)37-13-14-7-8-19(29)21(31)12-14)10-17-25(35)33-27(38)34(26(17)36)22-6-3-5-20(30)23(22)32/h2-3,5-12H,1,4,13H2,(H,33,35,38)/b17-10+. The quantitative estimate of drug-likeness (QED) is 0.119. The molecule has 0 aliphatic carbocycles. The average Bonchev–Trinajstić information content (AvgIpc) is 2.86. The zero-order chi connectivity index (χ0) is 27.6. The predicted octanol–water partition coefficient (Wildman–Crippen LogP) is 8.20. The van der Waals surface area contributed by atoms with E-state index in [0.717, 1.165) is 16.0 Å². The van der Waals surface area contributed by atoms with Crippen molar-refractivity contribution in [2.45, 2.75) is 13.0 Å². The van der Waals surface area contributed by atoms with Gasteiger partial charge in [0, 0.05) is 0 Å². The van der Waals surface area contributed by atoms with Gasteiger partial charge in [0.15, 0.2) is 5.11 Å². The summed E-state index contributed by atoms with van der Waals surface area (Å²) in [6.07, 6.45) is 3.68. The van der Waals surface area contributed by atoms with Gasteiger partial charge >= 0.3 is 0 Å². The van der Waals surface area contributed by atoms with Crippen molar-refractivity contribution in [3.8, 4) is 5.75 Å². The highest BCUT2D eigenvalue weighted by Crippen LogP contribution is 2.36. The molecule has 1 fully saturated rings. The fraction of sp³-hybridized carbons (Fsp3) is 0.0741. The van der Waals surface area contributed by atoms with Crippen LogP contribution in [0.25, 0.3) is 6.08 Å². The summed E-state index contributed by atoms with van der Waals surface area (Å²) in [5.41, 5.74) is 2.34. The lowest BCUT2D eigenvalue weighted by Gasteiger charge is -2.29. The first-order valence-electron chi connectivity index (χ1n) is 11.0. The van der Waals surface area contributed by atoms with Crippen LogP contribution >= 0.6 is 74.6 Å². The van der Waals surface area contributed by atoms with Crippen LogP contribution in [0.1, 0.15) is 16.7 Å². The summed E-state index contributed by atoms with van der Waals surface area (Å²) in [6, 6.07) is 13.6. The third-order valence-corrected chi connectivity index (χ3v) is 7.88. The molecule has 4 rings (SSSR count). The van der Waals surface area contributed by atoms with E-state index in [0.29, 0.717) is 32.3 Å². The van der Waals surface area contributed by atoms with E-state index in [2.05, 4.69) is 27.8 Å². The first-order chi connectivity index (χ1) is 18.1. The van der Waals surface area contributed by atoms with E-state index in [9.17, 15) is 9.59 Å². The van der Waals surface area contributed by atoms with Crippen molar-refractivity contribution >= 4 is 103 Å². The van der Waals surface area contributed by atoms with E-state index in [1.807, 2.05) is 12.1 Å². The molecule has 0 aromatic heterocycles. The normalized spacial score (nSPS) is 14.6. The predicted molar refractivity (Wildman–Crippen MR) is 162 cm³/mol. The molecule has 194 valence electrons. The SMILES string of the molecule is C=CCc1cc(/C=C2\C(=O)NC(=S)N(c3cccc(Cl)c3Cl)C2=O)cc(Br)c1OCc1ccc(Cl)c(Cl)c1. The zero-order valence-electron chi connectivity index (χ0n) is 19.4. The molecule has 0 saturated carbocycles. The number of anilines is 1. The maximum absolute atomic E-state index is 13.4. The van der Waals surface area contributed by atoms with E-state index in [-0.39, 0.29) is 33.0 Å². The monoisotopic (exact) mass is 668 g/mol. The van der Waals surface area contributed by atoms with Gasteiger partial charge < -0.3 is 4.74 Å². The molecule has 3 aromatic rings. The van der Waals surface area contributed by atoms with Crippen molar-refractivity contribution in [1.82, 2.24) is 5.32 Å². The molecule has 0 bridgehead atoms. The summed E-state index contributed by atoms with van der Waals surface area (Å²) < 4.78 is 6.71.